The number of hydrogen-bond acceptors (Lipinski definition) is 4. The first kappa shape index (κ1) is 15.7. The first-order valence-electron chi connectivity index (χ1n) is 8.11. The maximum atomic E-state index is 12.4. The number of carbonyl (C=O) groups excluding carboxylic acids is 1. The SMILES string of the molecule is NCC1CCN(C(=O)CCn2cnc3ccccc3c2=O)CC1. The van der Waals surface area contributed by atoms with Crippen molar-refractivity contribution >= 4 is 16.8 Å². The number of hydrogen-bond donors (Lipinski definition) is 1. The van der Waals surface area contributed by atoms with Gasteiger partial charge in [0.2, 0.25) is 5.91 Å². The van der Waals surface area contributed by atoms with Gasteiger partial charge in [0.15, 0.2) is 0 Å². The first-order chi connectivity index (χ1) is 11.2. The van der Waals surface area contributed by atoms with Gasteiger partial charge >= 0.3 is 0 Å². The van der Waals surface area contributed by atoms with E-state index in [1.165, 1.54) is 10.9 Å². The third kappa shape index (κ3) is 3.42. The Morgan fingerprint density at radius 2 is 2.00 bits per heavy atom. The molecule has 1 aromatic carbocycles. The Hall–Kier alpha value is -2.21. The van der Waals surface area contributed by atoms with Crippen LogP contribution in [0.3, 0.4) is 0 Å². The molecule has 0 bridgehead atoms. The molecule has 122 valence electrons. The highest BCUT2D eigenvalue weighted by molar-refractivity contribution is 5.77. The average molecular weight is 314 g/mol. The van der Waals surface area contributed by atoms with Gasteiger partial charge in [-0.1, -0.05) is 12.1 Å². The second-order valence-electron chi connectivity index (χ2n) is 6.07. The summed E-state index contributed by atoms with van der Waals surface area (Å²) in [5.74, 6) is 0.631. The fourth-order valence-corrected chi connectivity index (χ4v) is 3.06. The number of nitrogens with zero attached hydrogens (tertiary/aromatic N) is 3. The van der Waals surface area contributed by atoms with Crippen molar-refractivity contribution in [2.75, 3.05) is 19.6 Å². The Balaban J connectivity index is 1.63. The predicted octanol–water partition coefficient (Wildman–Crippen LogP) is 0.984. The van der Waals surface area contributed by atoms with Crippen LogP contribution >= 0.6 is 0 Å². The molecular formula is C17H22N4O2. The van der Waals surface area contributed by atoms with E-state index in [9.17, 15) is 9.59 Å². The van der Waals surface area contributed by atoms with Crippen molar-refractivity contribution in [1.82, 2.24) is 14.5 Å². The van der Waals surface area contributed by atoms with Crippen LogP contribution in [-0.2, 0) is 11.3 Å². The van der Waals surface area contributed by atoms with Gasteiger partial charge in [-0.05, 0) is 37.4 Å². The van der Waals surface area contributed by atoms with E-state index in [0.29, 0.717) is 36.3 Å². The van der Waals surface area contributed by atoms with Crippen molar-refractivity contribution in [2.45, 2.75) is 25.8 Å². The molecule has 0 saturated carbocycles. The van der Waals surface area contributed by atoms with Crippen molar-refractivity contribution in [3.05, 3.63) is 40.9 Å². The van der Waals surface area contributed by atoms with Crippen LogP contribution in [0, 0.1) is 5.92 Å². The molecule has 1 aromatic heterocycles. The van der Waals surface area contributed by atoms with Crippen molar-refractivity contribution < 1.29 is 4.79 Å². The molecule has 0 aliphatic carbocycles. The zero-order valence-electron chi connectivity index (χ0n) is 13.1. The van der Waals surface area contributed by atoms with Crippen LogP contribution in [0.15, 0.2) is 35.4 Å². The minimum atomic E-state index is -0.0924. The summed E-state index contributed by atoms with van der Waals surface area (Å²) in [5, 5.41) is 0.589. The number of amides is 1. The number of para-hydroxylation sites is 1. The van der Waals surface area contributed by atoms with E-state index in [1.807, 2.05) is 23.1 Å². The van der Waals surface area contributed by atoms with Crippen LogP contribution in [-0.4, -0.2) is 40.0 Å². The molecular weight excluding hydrogens is 292 g/mol. The number of nitrogens with two attached hydrogens (primary N) is 1. The quantitative estimate of drug-likeness (QED) is 0.912. The third-order valence-corrected chi connectivity index (χ3v) is 4.60. The lowest BCUT2D eigenvalue weighted by molar-refractivity contribution is -0.132. The van der Waals surface area contributed by atoms with E-state index in [1.54, 1.807) is 6.07 Å². The molecule has 2 aromatic rings. The second kappa shape index (κ2) is 6.91. The topological polar surface area (TPSA) is 81.2 Å². The normalized spacial score (nSPS) is 16.0. The van der Waals surface area contributed by atoms with E-state index in [-0.39, 0.29) is 11.5 Å². The molecule has 1 aliphatic heterocycles. The molecule has 0 atom stereocenters. The van der Waals surface area contributed by atoms with Crippen molar-refractivity contribution in [3.63, 3.8) is 0 Å². The van der Waals surface area contributed by atoms with E-state index < -0.39 is 0 Å². The van der Waals surface area contributed by atoms with Gasteiger partial charge in [-0.15, -0.1) is 0 Å². The summed E-state index contributed by atoms with van der Waals surface area (Å²) in [7, 11) is 0. The van der Waals surface area contributed by atoms with Gasteiger partial charge in [-0.3, -0.25) is 14.2 Å². The van der Waals surface area contributed by atoms with Crippen LogP contribution in [0.4, 0.5) is 0 Å². The van der Waals surface area contributed by atoms with Gasteiger partial charge < -0.3 is 10.6 Å². The molecule has 1 fully saturated rings. The van der Waals surface area contributed by atoms with E-state index in [2.05, 4.69) is 4.98 Å². The number of likely N-dealkylation sites (tertiary alicyclic amines) is 1. The fraction of sp³-hybridized carbons (Fsp3) is 0.471. The monoisotopic (exact) mass is 314 g/mol. The summed E-state index contributed by atoms with van der Waals surface area (Å²) in [6.45, 7) is 2.60. The standard InChI is InChI=1S/C17H22N4O2/c18-11-13-5-8-20(9-6-13)16(22)7-10-21-12-19-15-4-2-1-3-14(15)17(21)23/h1-4,12-13H,5-11,18H2. The number of fused-ring (bicyclic) bond motifs is 1. The number of aromatic nitrogens is 2. The summed E-state index contributed by atoms with van der Waals surface area (Å²) in [6, 6.07) is 7.25. The maximum absolute atomic E-state index is 12.4. The lowest BCUT2D eigenvalue weighted by Crippen LogP contribution is -2.40. The lowest BCUT2D eigenvalue weighted by atomic mass is 9.97. The van der Waals surface area contributed by atoms with Crippen LogP contribution in [0.5, 0.6) is 0 Å². The van der Waals surface area contributed by atoms with Crippen LogP contribution in [0.1, 0.15) is 19.3 Å². The van der Waals surface area contributed by atoms with Gasteiger partial charge in [0, 0.05) is 26.1 Å². The smallest absolute Gasteiger partial charge is 0.261 e. The van der Waals surface area contributed by atoms with Crippen LogP contribution < -0.4 is 11.3 Å². The number of piperidine rings is 1. The summed E-state index contributed by atoms with van der Waals surface area (Å²) in [5.41, 5.74) is 6.26. The van der Waals surface area contributed by atoms with Crippen molar-refractivity contribution in [2.24, 2.45) is 11.7 Å². The number of benzene rings is 1. The Bertz CT molecular complexity index is 748. The third-order valence-electron chi connectivity index (χ3n) is 4.60. The number of carbonyl (C=O) groups is 1. The summed E-state index contributed by atoms with van der Waals surface area (Å²) >= 11 is 0. The zero-order chi connectivity index (χ0) is 16.2. The van der Waals surface area contributed by atoms with E-state index in [4.69, 9.17) is 5.73 Å². The van der Waals surface area contributed by atoms with E-state index in [0.717, 1.165) is 25.9 Å². The number of aryl methyl sites for hydroxylation is 1. The number of rotatable bonds is 4. The highest BCUT2D eigenvalue weighted by Gasteiger charge is 2.21. The van der Waals surface area contributed by atoms with Crippen molar-refractivity contribution in [3.8, 4) is 0 Å². The van der Waals surface area contributed by atoms with Gasteiger partial charge in [0.25, 0.3) is 5.56 Å². The maximum Gasteiger partial charge on any atom is 0.261 e. The van der Waals surface area contributed by atoms with Gasteiger partial charge in [0.05, 0.1) is 17.2 Å². The van der Waals surface area contributed by atoms with Gasteiger partial charge in [-0.25, -0.2) is 4.98 Å². The highest BCUT2D eigenvalue weighted by Crippen LogP contribution is 2.16. The second-order valence-corrected chi connectivity index (χ2v) is 6.07. The Morgan fingerprint density at radius 3 is 2.74 bits per heavy atom. The van der Waals surface area contributed by atoms with E-state index >= 15 is 0 Å². The molecule has 23 heavy (non-hydrogen) atoms. The van der Waals surface area contributed by atoms with Crippen LogP contribution in [0.2, 0.25) is 0 Å². The lowest BCUT2D eigenvalue weighted by Gasteiger charge is -2.31. The Kier molecular flexibility index (Phi) is 4.71. The highest BCUT2D eigenvalue weighted by atomic mass is 16.2. The zero-order valence-corrected chi connectivity index (χ0v) is 13.1. The molecule has 0 spiro atoms. The summed E-state index contributed by atoms with van der Waals surface area (Å²) in [4.78, 5) is 30.8. The molecule has 1 amide bonds. The fourth-order valence-electron chi connectivity index (χ4n) is 3.06. The minimum absolute atomic E-state index is 0.0924. The van der Waals surface area contributed by atoms with Gasteiger partial charge in [-0.2, -0.15) is 0 Å². The average Bonchev–Trinajstić information content (AvgIpc) is 2.61. The Labute approximate surface area is 134 Å². The minimum Gasteiger partial charge on any atom is -0.343 e. The Morgan fingerprint density at radius 1 is 1.26 bits per heavy atom. The summed E-state index contributed by atoms with van der Waals surface area (Å²) in [6.07, 6.45) is 3.80. The molecule has 2 N–H and O–H groups in total. The molecule has 3 rings (SSSR count). The van der Waals surface area contributed by atoms with Crippen molar-refractivity contribution in [1.29, 1.82) is 0 Å². The predicted molar refractivity (Wildman–Crippen MR) is 89.0 cm³/mol. The largest absolute Gasteiger partial charge is 0.343 e. The summed E-state index contributed by atoms with van der Waals surface area (Å²) < 4.78 is 1.52. The molecule has 0 radical (unpaired) electrons. The first-order valence-corrected chi connectivity index (χ1v) is 8.11. The molecule has 1 aliphatic rings. The van der Waals surface area contributed by atoms with Gasteiger partial charge in [0.1, 0.15) is 0 Å². The molecule has 1 saturated heterocycles. The molecule has 6 nitrogen and oxygen atoms in total. The van der Waals surface area contributed by atoms with Crippen LogP contribution in [0.25, 0.3) is 10.9 Å². The molecule has 0 unspecified atom stereocenters. The molecule has 2 heterocycles. The molecule has 6 heteroatoms.